The smallest absolute Gasteiger partial charge is 0.269 e. The van der Waals surface area contributed by atoms with E-state index in [4.69, 9.17) is 11.6 Å². The Hall–Kier alpha value is -3.36. The van der Waals surface area contributed by atoms with Crippen molar-refractivity contribution >= 4 is 40.9 Å². The number of thioether (sulfide) groups is 1. The number of amides is 2. The standard InChI is InChI=1S/C29H32ClN3O4S/c1-3-21(2)31-29(35)27(17-22-8-5-4-6-9-22)32(18-24-10-7-11-25(30)16-24)28(34)20-38-19-23-12-14-26(15-13-23)33(36)37/h4-16,21,27H,3,17-20H2,1-2H3,(H,31,35)/t21-,27+/m0/s1. The number of rotatable bonds is 13. The fourth-order valence-corrected chi connectivity index (χ4v) is 4.96. The summed E-state index contributed by atoms with van der Waals surface area (Å²) in [4.78, 5) is 39.3. The van der Waals surface area contributed by atoms with Crippen LogP contribution in [0.4, 0.5) is 5.69 Å². The van der Waals surface area contributed by atoms with Gasteiger partial charge in [0.15, 0.2) is 0 Å². The summed E-state index contributed by atoms with van der Waals surface area (Å²) in [7, 11) is 0. The van der Waals surface area contributed by atoms with E-state index in [1.165, 1.54) is 23.9 Å². The highest BCUT2D eigenvalue weighted by molar-refractivity contribution is 7.99. The van der Waals surface area contributed by atoms with Crippen LogP contribution < -0.4 is 5.32 Å². The zero-order valence-electron chi connectivity index (χ0n) is 21.5. The van der Waals surface area contributed by atoms with E-state index in [1.807, 2.05) is 56.3 Å². The molecule has 0 aliphatic carbocycles. The van der Waals surface area contributed by atoms with Crippen LogP contribution in [0.15, 0.2) is 78.9 Å². The van der Waals surface area contributed by atoms with Crippen molar-refractivity contribution in [1.82, 2.24) is 10.2 Å². The molecule has 3 aromatic rings. The van der Waals surface area contributed by atoms with E-state index in [0.717, 1.165) is 23.1 Å². The van der Waals surface area contributed by atoms with Crippen LogP contribution in [0.5, 0.6) is 0 Å². The van der Waals surface area contributed by atoms with E-state index in [2.05, 4.69) is 5.32 Å². The van der Waals surface area contributed by atoms with Crippen molar-refractivity contribution in [3.63, 3.8) is 0 Å². The van der Waals surface area contributed by atoms with Crippen molar-refractivity contribution in [2.45, 2.75) is 51.1 Å². The minimum atomic E-state index is -0.710. The predicted molar refractivity (Wildman–Crippen MR) is 153 cm³/mol. The Morgan fingerprint density at radius 1 is 1.00 bits per heavy atom. The highest BCUT2D eigenvalue weighted by atomic mass is 35.5. The molecule has 0 saturated heterocycles. The second kappa shape index (κ2) is 14.5. The minimum Gasteiger partial charge on any atom is -0.352 e. The number of hydrogen-bond donors (Lipinski definition) is 1. The van der Waals surface area contributed by atoms with Gasteiger partial charge in [0.25, 0.3) is 5.69 Å². The van der Waals surface area contributed by atoms with Crippen molar-refractivity contribution in [2.24, 2.45) is 0 Å². The average Bonchev–Trinajstić information content (AvgIpc) is 2.91. The van der Waals surface area contributed by atoms with Gasteiger partial charge in [0.1, 0.15) is 6.04 Å². The van der Waals surface area contributed by atoms with Crippen LogP contribution in [0.25, 0.3) is 0 Å². The SMILES string of the molecule is CC[C@H](C)NC(=O)[C@@H](Cc1ccccc1)N(Cc1cccc(Cl)c1)C(=O)CSCc1ccc([N+](=O)[O-])cc1. The van der Waals surface area contributed by atoms with Crippen LogP contribution in [0.3, 0.4) is 0 Å². The normalized spacial score (nSPS) is 12.4. The quantitative estimate of drug-likeness (QED) is 0.206. The molecule has 2 amide bonds. The third-order valence-corrected chi connectivity index (χ3v) is 7.38. The molecule has 38 heavy (non-hydrogen) atoms. The van der Waals surface area contributed by atoms with Crippen molar-refractivity contribution < 1.29 is 14.5 Å². The molecule has 0 bridgehead atoms. The average molecular weight is 554 g/mol. The first-order valence-corrected chi connectivity index (χ1v) is 14.0. The van der Waals surface area contributed by atoms with E-state index in [-0.39, 0.29) is 35.8 Å². The lowest BCUT2D eigenvalue weighted by Crippen LogP contribution is -2.52. The molecule has 0 spiro atoms. The van der Waals surface area contributed by atoms with Gasteiger partial charge >= 0.3 is 0 Å². The Kier molecular flexibility index (Phi) is 11.2. The summed E-state index contributed by atoms with van der Waals surface area (Å²) in [5.41, 5.74) is 2.70. The van der Waals surface area contributed by atoms with E-state index < -0.39 is 11.0 Å². The number of nitro groups is 1. The number of hydrogen-bond acceptors (Lipinski definition) is 5. The van der Waals surface area contributed by atoms with Crippen molar-refractivity contribution in [2.75, 3.05) is 5.75 Å². The van der Waals surface area contributed by atoms with Crippen molar-refractivity contribution in [1.29, 1.82) is 0 Å². The highest BCUT2D eigenvalue weighted by Gasteiger charge is 2.31. The van der Waals surface area contributed by atoms with Gasteiger partial charge in [-0.15, -0.1) is 11.8 Å². The maximum atomic E-state index is 13.7. The lowest BCUT2D eigenvalue weighted by atomic mass is 10.0. The summed E-state index contributed by atoms with van der Waals surface area (Å²) in [6, 6.07) is 22.5. The first-order chi connectivity index (χ1) is 18.3. The second-order valence-corrected chi connectivity index (χ2v) is 10.5. The summed E-state index contributed by atoms with van der Waals surface area (Å²) in [6.45, 7) is 4.18. The molecule has 0 aliphatic heterocycles. The second-order valence-electron chi connectivity index (χ2n) is 9.09. The van der Waals surface area contributed by atoms with Crippen LogP contribution in [-0.2, 0) is 28.3 Å². The van der Waals surface area contributed by atoms with E-state index in [0.29, 0.717) is 17.2 Å². The Bertz CT molecular complexity index is 1220. The van der Waals surface area contributed by atoms with Gasteiger partial charge in [0.05, 0.1) is 10.7 Å². The summed E-state index contributed by atoms with van der Waals surface area (Å²) in [6.07, 6.45) is 1.15. The number of nitrogens with zero attached hydrogens (tertiary/aromatic N) is 2. The molecular weight excluding hydrogens is 522 g/mol. The van der Waals surface area contributed by atoms with Crippen LogP contribution in [0.2, 0.25) is 5.02 Å². The monoisotopic (exact) mass is 553 g/mol. The lowest BCUT2D eigenvalue weighted by molar-refractivity contribution is -0.384. The molecule has 7 nitrogen and oxygen atoms in total. The number of carbonyl (C=O) groups is 2. The number of carbonyl (C=O) groups excluding carboxylic acids is 2. The molecule has 9 heteroatoms. The van der Waals surface area contributed by atoms with Crippen molar-refractivity contribution in [3.8, 4) is 0 Å². The number of nitrogens with one attached hydrogen (secondary N) is 1. The molecule has 0 unspecified atom stereocenters. The van der Waals surface area contributed by atoms with Crippen LogP contribution in [0.1, 0.15) is 37.0 Å². The Balaban J connectivity index is 1.83. The van der Waals surface area contributed by atoms with Gasteiger partial charge in [-0.3, -0.25) is 19.7 Å². The first-order valence-electron chi connectivity index (χ1n) is 12.5. The van der Waals surface area contributed by atoms with Gasteiger partial charge in [-0.2, -0.15) is 0 Å². The maximum absolute atomic E-state index is 13.7. The van der Waals surface area contributed by atoms with Crippen LogP contribution >= 0.6 is 23.4 Å². The Labute approximate surface area is 232 Å². The molecule has 1 N–H and O–H groups in total. The largest absolute Gasteiger partial charge is 0.352 e. The molecule has 2 atom stereocenters. The third-order valence-electron chi connectivity index (χ3n) is 6.16. The fourth-order valence-electron chi connectivity index (χ4n) is 3.88. The molecule has 0 aliphatic rings. The molecule has 3 aromatic carbocycles. The molecule has 0 aromatic heterocycles. The fraction of sp³-hybridized carbons (Fsp3) is 0.310. The zero-order valence-corrected chi connectivity index (χ0v) is 23.1. The molecular formula is C29H32ClN3O4S. The zero-order chi connectivity index (χ0) is 27.5. The molecule has 3 rings (SSSR count). The van der Waals surface area contributed by atoms with Crippen LogP contribution in [-0.4, -0.2) is 39.5 Å². The molecule has 0 saturated carbocycles. The van der Waals surface area contributed by atoms with Crippen molar-refractivity contribution in [3.05, 3.63) is 111 Å². The minimum absolute atomic E-state index is 0.0265. The number of non-ortho nitro benzene ring substituents is 1. The Morgan fingerprint density at radius 3 is 2.32 bits per heavy atom. The van der Waals surface area contributed by atoms with Gasteiger partial charge in [-0.05, 0) is 42.2 Å². The van der Waals surface area contributed by atoms with Gasteiger partial charge in [-0.1, -0.05) is 73.1 Å². The molecule has 200 valence electrons. The summed E-state index contributed by atoms with van der Waals surface area (Å²) < 4.78 is 0. The third kappa shape index (κ3) is 8.89. The van der Waals surface area contributed by atoms with Gasteiger partial charge in [0, 0.05) is 41.9 Å². The maximum Gasteiger partial charge on any atom is 0.269 e. The Morgan fingerprint density at radius 2 is 1.68 bits per heavy atom. The number of benzene rings is 3. The summed E-state index contributed by atoms with van der Waals surface area (Å²) in [5.74, 6) is 0.299. The van der Waals surface area contributed by atoms with Gasteiger partial charge in [0.2, 0.25) is 11.8 Å². The van der Waals surface area contributed by atoms with Gasteiger partial charge in [-0.25, -0.2) is 0 Å². The first kappa shape index (κ1) is 29.2. The van der Waals surface area contributed by atoms with Crippen LogP contribution in [0, 0.1) is 10.1 Å². The molecule has 0 radical (unpaired) electrons. The van der Waals surface area contributed by atoms with E-state index in [9.17, 15) is 19.7 Å². The summed E-state index contributed by atoms with van der Waals surface area (Å²) in [5, 5.41) is 14.5. The van der Waals surface area contributed by atoms with E-state index >= 15 is 0 Å². The van der Waals surface area contributed by atoms with E-state index in [1.54, 1.807) is 29.2 Å². The molecule has 0 heterocycles. The number of nitro benzene ring substituents is 1. The lowest BCUT2D eigenvalue weighted by Gasteiger charge is -2.32. The molecule has 0 fully saturated rings. The van der Waals surface area contributed by atoms with Gasteiger partial charge < -0.3 is 10.2 Å². The number of halogens is 1. The topological polar surface area (TPSA) is 92.6 Å². The summed E-state index contributed by atoms with van der Waals surface area (Å²) >= 11 is 7.63. The highest BCUT2D eigenvalue weighted by Crippen LogP contribution is 2.21. The predicted octanol–water partition coefficient (Wildman–Crippen LogP) is 6.04.